The summed E-state index contributed by atoms with van der Waals surface area (Å²) in [5.74, 6) is 0.868. The predicted molar refractivity (Wildman–Crippen MR) is 51.9 cm³/mol. The maximum atomic E-state index is 6.07. The van der Waals surface area contributed by atoms with E-state index in [2.05, 4.69) is 6.08 Å². The van der Waals surface area contributed by atoms with Gasteiger partial charge in [0.25, 0.3) is 0 Å². The van der Waals surface area contributed by atoms with Gasteiger partial charge in [-0.1, -0.05) is 11.6 Å². The minimum absolute atomic E-state index is 0.481. The van der Waals surface area contributed by atoms with Crippen molar-refractivity contribution in [3.63, 3.8) is 0 Å². The molecule has 0 heterocycles. The number of nitrogens with two attached hydrogens (primary N) is 1. The van der Waals surface area contributed by atoms with Crippen molar-refractivity contribution in [3.8, 4) is 0 Å². The molecule has 0 spiro atoms. The summed E-state index contributed by atoms with van der Waals surface area (Å²) in [6.07, 6.45) is 11.8. The van der Waals surface area contributed by atoms with Crippen molar-refractivity contribution in [3.05, 3.63) is 11.6 Å². The molecule has 2 aliphatic carbocycles. The summed E-state index contributed by atoms with van der Waals surface area (Å²) in [7, 11) is 0. The maximum absolute atomic E-state index is 6.07. The topological polar surface area (TPSA) is 26.0 Å². The fourth-order valence-electron chi connectivity index (χ4n) is 2.08. The van der Waals surface area contributed by atoms with Crippen molar-refractivity contribution >= 4 is 0 Å². The lowest BCUT2D eigenvalue weighted by Crippen LogP contribution is -2.23. The second-order valence-corrected chi connectivity index (χ2v) is 4.31. The molecule has 12 heavy (non-hydrogen) atoms. The van der Waals surface area contributed by atoms with Crippen LogP contribution in [-0.2, 0) is 0 Å². The van der Waals surface area contributed by atoms with E-state index in [9.17, 15) is 0 Å². The highest BCUT2D eigenvalue weighted by Crippen LogP contribution is 2.35. The molecule has 2 aliphatic rings. The lowest BCUT2D eigenvalue weighted by atomic mass is 9.93. The first kappa shape index (κ1) is 8.31. The van der Waals surface area contributed by atoms with Crippen LogP contribution in [0.25, 0.3) is 0 Å². The van der Waals surface area contributed by atoms with Gasteiger partial charge in [0.1, 0.15) is 0 Å². The third kappa shape index (κ3) is 2.10. The van der Waals surface area contributed by atoms with Crippen LogP contribution in [0.3, 0.4) is 0 Å². The van der Waals surface area contributed by atoms with Crippen molar-refractivity contribution in [2.24, 2.45) is 11.7 Å². The summed E-state index contributed by atoms with van der Waals surface area (Å²) in [5.41, 5.74) is 7.71. The van der Waals surface area contributed by atoms with E-state index in [0.29, 0.717) is 6.04 Å². The molecule has 0 amide bonds. The first-order valence-electron chi connectivity index (χ1n) is 5.30. The average molecular weight is 165 g/mol. The van der Waals surface area contributed by atoms with Gasteiger partial charge in [0.15, 0.2) is 0 Å². The molecule has 0 radical (unpaired) electrons. The Morgan fingerprint density at radius 2 is 2.25 bits per heavy atom. The second kappa shape index (κ2) is 3.61. The number of allylic oxidation sites excluding steroid dienone is 1. The molecule has 0 aliphatic heterocycles. The predicted octanol–water partition coefficient (Wildman–Crippen LogP) is 2.61. The molecular weight excluding hydrogens is 146 g/mol. The Morgan fingerprint density at radius 1 is 1.42 bits per heavy atom. The largest absolute Gasteiger partial charge is 0.327 e. The van der Waals surface area contributed by atoms with E-state index in [1.807, 2.05) is 0 Å². The van der Waals surface area contributed by atoms with Gasteiger partial charge in [-0.2, -0.15) is 0 Å². The van der Waals surface area contributed by atoms with Gasteiger partial charge in [0.2, 0.25) is 0 Å². The molecule has 0 aromatic rings. The van der Waals surface area contributed by atoms with E-state index in [-0.39, 0.29) is 0 Å². The minimum Gasteiger partial charge on any atom is -0.327 e. The summed E-state index contributed by atoms with van der Waals surface area (Å²) in [4.78, 5) is 0. The molecule has 1 atom stereocenters. The van der Waals surface area contributed by atoms with Gasteiger partial charge in [-0.15, -0.1) is 0 Å². The molecule has 1 saturated carbocycles. The first-order valence-corrected chi connectivity index (χ1v) is 5.30. The molecule has 1 heteroatoms. The van der Waals surface area contributed by atoms with Crippen molar-refractivity contribution < 1.29 is 0 Å². The van der Waals surface area contributed by atoms with E-state index in [0.717, 1.165) is 5.92 Å². The summed E-state index contributed by atoms with van der Waals surface area (Å²) < 4.78 is 0. The Morgan fingerprint density at radius 3 is 2.83 bits per heavy atom. The van der Waals surface area contributed by atoms with E-state index in [1.165, 1.54) is 44.9 Å². The Labute approximate surface area is 75.0 Å². The highest BCUT2D eigenvalue weighted by molar-refractivity contribution is 5.08. The third-order valence-corrected chi connectivity index (χ3v) is 3.11. The molecule has 0 bridgehead atoms. The fraction of sp³-hybridized carbons (Fsp3) is 0.818. The second-order valence-electron chi connectivity index (χ2n) is 4.31. The molecule has 1 unspecified atom stereocenters. The summed E-state index contributed by atoms with van der Waals surface area (Å²) in [6, 6.07) is 0.481. The first-order chi connectivity index (χ1) is 5.86. The summed E-state index contributed by atoms with van der Waals surface area (Å²) in [5, 5.41) is 0. The molecule has 0 aromatic heterocycles. The van der Waals surface area contributed by atoms with Crippen LogP contribution in [0.2, 0.25) is 0 Å². The van der Waals surface area contributed by atoms with E-state index >= 15 is 0 Å². The lowest BCUT2D eigenvalue weighted by molar-refractivity contribution is 0.559. The van der Waals surface area contributed by atoms with Crippen LogP contribution in [-0.4, -0.2) is 6.04 Å². The summed E-state index contributed by atoms with van der Waals surface area (Å²) >= 11 is 0. The molecule has 1 fully saturated rings. The van der Waals surface area contributed by atoms with Crippen LogP contribution in [0.4, 0.5) is 0 Å². The monoisotopic (exact) mass is 165 g/mol. The lowest BCUT2D eigenvalue weighted by Gasteiger charge is -2.16. The standard InChI is InChI=1S/C11H19N/c12-11(10-6-7-10)8-9-4-2-1-3-5-9/h4,10-11H,1-3,5-8,12H2. The van der Waals surface area contributed by atoms with Crippen LogP contribution in [0.5, 0.6) is 0 Å². The van der Waals surface area contributed by atoms with Gasteiger partial charge < -0.3 is 5.73 Å². The highest BCUT2D eigenvalue weighted by Gasteiger charge is 2.28. The van der Waals surface area contributed by atoms with Crippen molar-refractivity contribution in [1.29, 1.82) is 0 Å². The van der Waals surface area contributed by atoms with E-state index in [1.54, 1.807) is 5.57 Å². The number of rotatable bonds is 3. The zero-order valence-electron chi connectivity index (χ0n) is 7.76. The van der Waals surface area contributed by atoms with E-state index < -0.39 is 0 Å². The maximum Gasteiger partial charge on any atom is 0.0105 e. The zero-order valence-corrected chi connectivity index (χ0v) is 7.76. The Hall–Kier alpha value is -0.300. The van der Waals surface area contributed by atoms with Gasteiger partial charge in [-0.3, -0.25) is 0 Å². The Balaban J connectivity index is 1.80. The van der Waals surface area contributed by atoms with Gasteiger partial charge in [-0.05, 0) is 50.9 Å². The number of hydrogen-bond donors (Lipinski definition) is 1. The van der Waals surface area contributed by atoms with Gasteiger partial charge in [0, 0.05) is 6.04 Å². The SMILES string of the molecule is NC(CC1=CCCCC1)C1CC1. The smallest absolute Gasteiger partial charge is 0.0105 e. The molecule has 1 nitrogen and oxygen atoms in total. The quantitative estimate of drug-likeness (QED) is 0.639. The molecular formula is C11H19N. The highest BCUT2D eigenvalue weighted by atomic mass is 14.7. The molecule has 2 N–H and O–H groups in total. The van der Waals surface area contributed by atoms with Crippen LogP contribution in [0, 0.1) is 5.92 Å². The van der Waals surface area contributed by atoms with Crippen molar-refractivity contribution in [1.82, 2.24) is 0 Å². The number of hydrogen-bond acceptors (Lipinski definition) is 1. The molecule has 68 valence electrons. The molecule has 2 rings (SSSR count). The normalized spacial score (nSPS) is 26.6. The molecule has 0 aromatic carbocycles. The fourth-order valence-corrected chi connectivity index (χ4v) is 2.08. The van der Waals surface area contributed by atoms with Crippen LogP contribution < -0.4 is 5.73 Å². The Kier molecular flexibility index (Phi) is 2.50. The zero-order chi connectivity index (χ0) is 8.39. The third-order valence-electron chi connectivity index (χ3n) is 3.11. The van der Waals surface area contributed by atoms with Crippen molar-refractivity contribution in [2.75, 3.05) is 0 Å². The van der Waals surface area contributed by atoms with Crippen LogP contribution in [0.15, 0.2) is 11.6 Å². The Bertz CT molecular complexity index is 179. The van der Waals surface area contributed by atoms with Crippen LogP contribution >= 0.6 is 0 Å². The minimum atomic E-state index is 0.481. The van der Waals surface area contributed by atoms with Crippen molar-refractivity contribution in [2.45, 2.75) is 51.0 Å². The average Bonchev–Trinajstić information content (AvgIpc) is 2.88. The summed E-state index contributed by atoms with van der Waals surface area (Å²) in [6.45, 7) is 0. The van der Waals surface area contributed by atoms with Gasteiger partial charge in [-0.25, -0.2) is 0 Å². The van der Waals surface area contributed by atoms with Gasteiger partial charge in [0.05, 0.1) is 0 Å². The van der Waals surface area contributed by atoms with Crippen LogP contribution in [0.1, 0.15) is 44.9 Å². The molecule has 0 saturated heterocycles. The van der Waals surface area contributed by atoms with E-state index in [4.69, 9.17) is 5.73 Å². The van der Waals surface area contributed by atoms with Gasteiger partial charge >= 0.3 is 0 Å².